The highest BCUT2D eigenvalue weighted by Gasteiger charge is 2.23. The van der Waals surface area contributed by atoms with Gasteiger partial charge < -0.3 is 4.90 Å². The highest BCUT2D eigenvalue weighted by atomic mass is 32.1. The van der Waals surface area contributed by atoms with Crippen molar-refractivity contribution in [1.29, 1.82) is 0 Å². The van der Waals surface area contributed by atoms with Gasteiger partial charge in [-0.1, -0.05) is 32.1 Å². The molecule has 0 atom stereocenters. The van der Waals surface area contributed by atoms with Crippen LogP contribution in [0.15, 0.2) is 22.2 Å². The lowest BCUT2D eigenvalue weighted by Crippen LogP contribution is -2.37. The molecular weight excluding hydrogens is 312 g/mol. The average molecular weight is 335 g/mol. The molecule has 2 aromatic rings. The number of nitrogens with zero attached hydrogens (tertiary/aromatic N) is 2. The molecule has 0 N–H and O–H groups in total. The van der Waals surface area contributed by atoms with Gasteiger partial charge in [0.1, 0.15) is 10.7 Å². The maximum Gasteiger partial charge on any atom is 0.273 e. The van der Waals surface area contributed by atoms with Crippen molar-refractivity contribution in [3.63, 3.8) is 0 Å². The first-order chi connectivity index (χ1) is 10.8. The summed E-state index contributed by atoms with van der Waals surface area (Å²) >= 11 is 3.21. The second-order valence-corrected chi connectivity index (χ2v) is 7.60. The molecule has 2 heterocycles. The lowest BCUT2D eigenvalue weighted by atomic mass is 9.96. The number of hydrogen-bond acceptors (Lipinski definition) is 4. The van der Waals surface area contributed by atoms with Crippen LogP contribution in [0.2, 0.25) is 0 Å². The molecule has 0 radical (unpaired) electrons. The van der Waals surface area contributed by atoms with Gasteiger partial charge in [-0.15, -0.1) is 11.3 Å². The van der Waals surface area contributed by atoms with Gasteiger partial charge >= 0.3 is 0 Å². The van der Waals surface area contributed by atoms with Crippen molar-refractivity contribution in [1.82, 2.24) is 9.88 Å². The van der Waals surface area contributed by atoms with Crippen molar-refractivity contribution < 1.29 is 4.79 Å². The monoisotopic (exact) mass is 334 g/mol. The number of hydrogen-bond donors (Lipinski definition) is 0. The number of carbonyl (C=O) groups is 1. The van der Waals surface area contributed by atoms with E-state index in [-0.39, 0.29) is 5.91 Å². The third-order valence-corrected chi connectivity index (χ3v) is 6.01. The summed E-state index contributed by atoms with van der Waals surface area (Å²) in [6, 6.07) is 2.43. The van der Waals surface area contributed by atoms with E-state index in [1.807, 2.05) is 22.7 Å². The summed E-state index contributed by atoms with van der Waals surface area (Å²) in [5, 5.41) is 6.95. The van der Waals surface area contributed by atoms with Crippen LogP contribution in [-0.4, -0.2) is 28.9 Å². The second-order valence-electron chi connectivity index (χ2n) is 5.96. The Hall–Kier alpha value is -1.20. The maximum atomic E-state index is 12.7. The van der Waals surface area contributed by atoms with Crippen molar-refractivity contribution >= 4 is 28.6 Å². The standard InChI is InChI=1S/C17H22N2OS2/c1-19(14-7-5-3-2-4-6-8-14)17(20)15-12-22-16(18-15)13-9-10-21-11-13/h9-12,14H,2-8H2,1H3. The summed E-state index contributed by atoms with van der Waals surface area (Å²) in [5.74, 6) is 0.0725. The van der Waals surface area contributed by atoms with E-state index < -0.39 is 0 Å². The minimum absolute atomic E-state index is 0.0725. The summed E-state index contributed by atoms with van der Waals surface area (Å²) in [7, 11) is 1.94. The Morgan fingerprint density at radius 1 is 1.18 bits per heavy atom. The van der Waals surface area contributed by atoms with Crippen LogP contribution < -0.4 is 0 Å². The van der Waals surface area contributed by atoms with Crippen molar-refractivity contribution in [2.45, 2.75) is 51.0 Å². The number of thiazole rings is 1. The quantitative estimate of drug-likeness (QED) is 0.786. The summed E-state index contributed by atoms with van der Waals surface area (Å²) < 4.78 is 0. The molecule has 3 rings (SSSR count). The van der Waals surface area contributed by atoms with Crippen LogP contribution >= 0.6 is 22.7 Å². The Bertz CT molecular complexity index is 598. The number of carbonyl (C=O) groups excluding carboxylic acids is 1. The van der Waals surface area contributed by atoms with E-state index in [0.717, 1.165) is 23.4 Å². The molecule has 0 aliphatic heterocycles. The Labute approximate surface area is 140 Å². The molecule has 3 nitrogen and oxygen atoms in total. The molecule has 1 saturated carbocycles. The number of thiophene rings is 1. The van der Waals surface area contributed by atoms with E-state index in [2.05, 4.69) is 16.4 Å². The van der Waals surface area contributed by atoms with E-state index >= 15 is 0 Å². The first-order valence-corrected chi connectivity index (χ1v) is 9.83. The summed E-state index contributed by atoms with van der Waals surface area (Å²) in [6.07, 6.45) is 8.68. The lowest BCUT2D eigenvalue weighted by Gasteiger charge is -2.29. The Morgan fingerprint density at radius 3 is 2.59 bits per heavy atom. The fourth-order valence-corrected chi connectivity index (χ4v) is 4.57. The third kappa shape index (κ3) is 3.58. The van der Waals surface area contributed by atoms with Gasteiger partial charge in [-0.05, 0) is 24.3 Å². The Balaban J connectivity index is 1.69. The molecule has 0 bridgehead atoms. The van der Waals surface area contributed by atoms with E-state index in [1.54, 1.807) is 22.7 Å². The molecule has 1 aliphatic rings. The van der Waals surface area contributed by atoms with Crippen LogP contribution in [-0.2, 0) is 0 Å². The summed E-state index contributed by atoms with van der Waals surface area (Å²) in [4.78, 5) is 19.2. The molecule has 1 aliphatic carbocycles. The first kappa shape index (κ1) is 15.7. The van der Waals surface area contributed by atoms with Crippen molar-refractivity contribution in [3.8, 4) is 10.6 Å². The normalized spacial score (nSPS) is 17.0. The van der Waals surface area contributed by atoms with Gasteiger partial charge in [0.05, 0.1) is 0 Å². The highest BCUT2D eigenvalue weighted by molar-refractivity contribution is 7.14. The zero-order valence-corrected chi connectivity index (χ0v) is 14.6. The van der Waals surface area contributed by atoms with Crippen LogP contribution in [0, 0.1) is 0 Å². The molecule has 0 spiro atoms. The average Bonchev–Trinajstić information content (AvgIpc) is 3.16. The molecule has 1 fully saturated rings. The minimum atomic E-state index is 0.0725. The third-order valence-electron chi connectivity index (χ3n) is 4.43. The predicted octanol–water partition coefficient (Wildman–Crippen LogP) is 5.06. The largest absolute Gasteiger partial charge is 0.337 e. The van der Waals surface area contributed by atoms with Gasteiger partial charge in [0.25, 0.3) is 5.91 Å². The molecular formula is C17H22N2OS2. The van der Waals surface area contributed by atoms with Crippen molar-refractivity contribution in [2.24, 2.45) is 0 Å². The van der Waals surface area contributed by atoms with Gasteiger partial charge in [0.2, 0.25) is 0 Å². The Kier molecular flexibility index (Phi) is 5.26. The van der Waals surface area contributed by atoms with Gasteiger partial charge in [-0.25, -0.2) is 4.98 Å². The second kappa shape index (κ2) is 7.38. The number of amides is 1. The highest BCUT2D eigenvalue weighted by Crippen LogP contribution is 2.27. The van der Waals surface area contributed by atoms with Crippen LogP contribution in [0.1, 0.15) is 55.4 Å². The molecule has 0 unspecified atom stereocenters. The number of rotatable bonds is 3. The molecule has 2 aromatic heterocycles. The Morgan fingerprint density at radius 2 is 1.91 bits per heavy atom. The van der Waals surface area contributed by atoms with E-state index in [1.165, 1.54) is 32.1 Å². The molecule has 1 amide bonds. The van der Waals surface area contributed by atoms with Crippen LogP contribution in [0.3, 0.4) is 0 Å². The summed E-state index contributed by atoms with van der Waals surface area (Å²) in [5.41, 5.74) is 1.71. The minimum Gasteiger partial charge on any atom is -0.337 e. The van der Waals surface area contributed by atoms with Crippen LogP contribution in [0.5, 0.6) is 0 Å². The van der Waals surface area contributed by atoms with E-state index in [9.17, 15) is 4.79 Å². The molecule has 22 heavy (non-hydrogen) atoms. The van der Waals surface area contributed by atoms with Gasteiger partial charge in [0.15, 0.2) is 0 Å². The zero-order valence-electron chi connectivity index (χ0n) is 13.0. The van der Waals surface area contributed by atoms with Gasteiger partial charge in [0, 0.05) is 29.4 Å². The molecule has 5 heteroatoms. The fraction of sp³-hybridized carbons (Fsp3) is 0.529. The smallest absolute Gasteiger partial charge is 0.273 e. The van der Waals surface area contributed by atoms with Gasteiger partial charge in [-0.3, -0.25) is 4.79 Å². The zero-order chi connectivity index (χ0) is 15.4. The predicted molar refractivity (Wildman–Crippen MR) is 93.6 cm³/mol. The van der Waals surface area contributed by atoms with Crippen LogP contribution in [0.25, 0.3) is 10.6 Å². The fourth-order valence-electron chi connectivity index (χ4n) is 3.06. The maximum absolute atomic E-state index is 12.7. The molecule has 118 valence electrons. The number of aromatic nitrogens is 1. The van der Waals surface area contributed by atoms with E-state index in [0.29, 0.717) is 11.7 Å². The van der Waals surface area contributed by atoms with Gasteiger partial charge in [-0.2, -0.15) is 11.3 Å². The first-order valence-electron chi connectivity index (χ1n) is 8.01. The molecule has 0 saturated heterocycles. The van der Waals surface area contributed by atoms with Crippen molar-refractivity contribution in [2.75, 3.05) is 7.05 Å². The SMILES string of the molecule is CN(C(=O)c1csc(-c2ccsc2)n1)C1CCCCCCC1. The van der Waals surface area contributed by atoms with E-state index in [4.69, 9.17) is 0 Å². The topological polar surface area (TPSA) is 33.2 Å². The lowest BCUT2D eigenvalue weighted by molar-refractivity contribution is 0.0702. The van der Waals surface area contributed by atoms with Crippen LogP contribution in [0.4, 0.5) is 0 Å². The van der Waals surface area contributed by atoms with Crippen molar-refractivity contribution in [3.05, 3.63) is 27.9 Å². The molecule has 0 aromatic carbocycles. The summed E-state index contributed by atoms with van der Waals surface area (Å²) in [6.45, 7) is 0.